The highest BCUT2D eigenvalue weighted by molar-refractivity contribution is 7.90. The van der Waals surface area contributed by atoms with Crippen LogP contribution in [0, 0.1) is 5.92 Å². The third kappa shape index (κ3) is 2.62. The summed E-state index contributed by atoms with van der Waals surface area (Å²) in [5.74, 6) is 1.11. The normalized spacial score (nSPS) is 21.6. The van der Waals surface area contributed by atoms with Crippen LogP contribution in [-0.2, 0) is 10.0 Å². The zero-order valence-corrected chi connectivity index (χ0v) is 12.0. The number of nitrogens with zero attached hydrogens (tertiary/aromatic N) is 1. The van der Waals surface area contributed by atoms with Crippen molar-refractivity contribution in [3.8, 4) is 0 Å². The van der Waals surface area contributed by atoms with Crippen LogP contribution in [0.25, 0.3) is 0 Å². The predicted molar refractivity (Wildman–Crippen MR) is 76.3 cm³/mol. The topological polar surface area (TPSA) is 58.5 Å². The maximum atomic E-state index is 12.1. The molecule has 0 aromatic heterocycles. The Hall–Kier alpha value is -1.07. The molecule has 1 fully saturated rings. The zero-order chi connectivity index (χ0) is 13.5. The molecule has 6 heteroatoms. The van der Waals surface area contributed by atoms with Gasteiger partial charge in [-0.05, 0) is 24.1 Å². The number of benzene rings is 1. The second kappa shape index (κ2) is 4.80. The van der Waals surface area contributed by atoms with Crippen molar-refractivity contribution in [2.75, 3.05) is 5.32 Å². The van der Waals surface area contributed by atoms with E-state index < -0.39 is 10.0 Å². The minimum Gasteiger partial charge on any atom is -0.342 e. The first kappa shape index (κ1) is 12.9. The molecule has 0 amide bonds. The van der Waals surface area contributed by atoms with Gasteiger partial charge >= 0.3 is 0 Å². The molecule has 2 aliphatic rings. The summed E-state index contributed by atoms with van der Waals surface area (Å²) in [6, 6.07) is 4.81. The highest BCUT2D eigenvalue weighted by Gasteiger charge is 2.27. The molecule has 1 heterocycles. The van der Waals surface area contributed by atoms with Gasteiger partial charge in [-0.25, -0.2) is 0 Å². The van der Waals surface area contributed by atoms with Crippen molar-refractivity contribution in [1.29, 1.82) is 0 Å². The first-order chi connectivity index (χ1) is 9.04. The van der Waals surface area contributed by atoms with Crippen LogP contribution in [0.2, 0.25) is 5.02 Å². The summed E-state index contributed by atoms with van der Waals surface area (Å²) < 4.78 is 28.1. The van der Waals surface area contributed by atoms with Crippen LogP contribution in [0.4, 0.5) is 5.69 Å². The Bertz CT molecular complexity index is 634. The minimum absolute atomic E-state index is 0.162. The van der Waals surface area contributed by atoms with Crippen LogP contribution in [0.15, 0.2) is 27.5 Å². The van der Waals surface area contributed by atoms with Gasteiger partial charge in [-0.3, -0.25) is 0 Å². The highest BCUT2D eigenvalue weighted by atomic mass is 35.5. The fourth-order valence-electron chi connectivity index (χ4n) is 2.76. The number of halogens is 1. The molecule has 0 unspecified atom stereocenters. The average molecular weight is 299 g/mol. The molecule has 0 bridgehead atoms. The van der Waals surface area contributed by atoms with Crippen molar-refractivity contribution < 1.29 is 8.42 Å². The standard InChI is InChI=1S/C13H15ClN2O2S/c14-10-5-6-11-12(8-10)19(17,18)16-13(15-11)7-9-3-1-2-4-9/h5-6,8-9H,1-4,7H2,(H,15,16). The fourth-order valence-corrected chi connectivity index (χ4v) is 4.18. The molecule has 0 saturated heterocycles. The third-order valence-corrected chi connectivity index (χ3v) is 5.28. The van der Waals surface area contributed by atoms with Gasteiger partial charge in [-0.15, -0.1) is 4.40 Å². The van der Waals surface area contributed by atoms with Crippen LogP contribution < -0.4 is 5.32 Å². The van der Waals surface area contributed by atoms with Crippen molar-refractivity contribution in [3.63, 3.8) is 0 Å². The van der Waals surface area contributed by atoms with E-state index in [0.717, 1.165) is 12.8 Å². The van der Waals surface area contributed by atoms with Crippen LogP contribution >= 0.6 is 11.6 Å². The lowest BCUT2D eigenvalue weighted by molar-refractivity contribution is 0.570. The molecule has 1 aromatic carbocycles. The number of sulfonamides is 1. The number of rotatable bonds is 2. The zero-order valence-electron chi connectivity index (χ0n) is 10.4. The molecule has 19 heavy (non-hydrogen) atoms. The number of hydrogen-bond acceptors (Lipinski definition) is 3. The van der Waals surface area contributed by atoms with Gasteiger partial charge in [0.25, 0.3) is 10.0 Å². The lowest BCUT2D eigenvalue weighted by Crippen LogP contribution is -2.23. The van der Waals surface area contributed by atoms with E-state index in [9.17, 15) is 8.42 Å². The van der Waals surface area contributed by atoms with Crippen molar-refractivity contribution >= 4 is 33.1 Å². The predicted octanol–water partition coefficient (Wildman–Crippen LogP) is 3.43. The van der Waals surface area contributed by atoms with E-state index in [-0.39, 0.29) is 4.90 Å². The minimum atomic E-state index is -3.61. The van der Waals surface area contributed by atoms with Gasteiger partial charge in [0, 0.05) is 11.4 Å². The van der Waals surface area contributed by atoms with Crippen LogP contribution in [-0.4, -0.2) is 14.3 Å². The quantitative estimate of drug-likeness (QED) is 0.910. The SMILES string of the molecule is O=S1(=O)N=C(CC2CCCC2)Nc2ccc(Cl)cc21. The van der Waals surface area contributed by atoms with E-state index >= 15 is 0 Å². The number of nitrogens with one attached hydrogen (secondary N) is 1. The lowest BCUT2D eigenvalue weighted by Gasteiger charge is -2.20. The van der Waals surface area contributed by atoms with E-state index in [1.165, 1.54) is 18.9 Å². The molecule has 1 aliphatic heterocycles. The Morgan fingerprint density at radius 3 is 2.79 bits per heavy atom. The van der Waals surface area contributed by atoms with Crippen molar-refractivity contribution in [2.24, 2.45) is 10.3 Å². The number of fused-ring (bicyclic) bond motifs is 1. The molecule has 4 nitrogen and oxygen atoms in total. The van der Waals surface area contributed by atoms with E-state index in [1.807, 2.05) is 0 Å². The number of amidine groups is 1. The molecule has 0 atom stereocenters. The monoisotopic (exact) mass is 298 g/mol. The van der Waals surface area contributed by atoms with Gasteiger partial charge < -0.3 is 5.32 Å². The maximum Gasteiger partial charge on any atom is 0.286 e. The molecule has 1 aromatic rings. The van der Waals surface area contributed by atoms with E-state index in [2.05, 4.69) is 9.71 Å². The Balaban J connectivity index is 1.91. The summed E-state index contributed by atoms with van der Waals surface area (Å²) in [5, 5.41) is 3.52. The van der Waals surface area contributed by atoms with Gasteiger partial charge in [0.15, 0.2) is 0 Å². The number of hydrogen-bond donors (Lipinski definition) is 1. The Kier molecular flexibility index (Phi) is 3.27. The van der Waals surface area contributed by atoms with Gasteiger partial charge in [0.05, 0.1) is 5.69 Å². The average Bonchev–Trinajstić information content (AvgIpc) is 2.82. The van der Waals surface area contributed by atoms with E-state index in [1.54, 1.807) is 12.1 Å². The van der Waals surface area contributed by atoms with Crippen molar-refractivity contribution in [3.05, 3.63) is 23.2 Å². The highest BCUT2D eigenvalue weighted by Crippen LogP contribution is 2.33. The van der Waals surface area contributed by atoms with Crippen molar-refractivity contribution in [2.45, 2.75) is 37.0 Å². The third-order valence-electron chi connectivity index (χ3n) is 3.69. The Morgan fingerprint density at radius 2 is 2.05 bits per heavy atom. The summed E-state index contributed by atoms with van der Waals surface area (Å²) in [6.07, 6.45) is 5.50. The van der Waals surface area contributed by atoms with Gasteiger partial charge in [-0.1, -0.05) is 37.3 Å². The van der Waals surface area contributed by atoms with Crippen LogP contribution in [0.1, 0.15) is 32.1 Å². The summed E-state index contributed by atoms with van der Waals surface area (Å²) in [5.41, 5.74) is 0.576. The van der Waals surface area contributed by atoms with E-state index in [4.69, 9.17) is 11.6 Å². The van der Waals surface area contributed by atoms with Crippen molar-refractivity contribution in [1.82, 2.24) is 0 Å². The first-order valence-corrected chi connectivity index (χ1v) is 8.27. The largest absolute Gasteiger partial charge is 0.342 e. The molecule has 1 saturated carbocycles. The van der Waals surface area contributed by atoms with Crippen LogP contribution in [0.5, 0.6) is 0 Å². The maximum absolute atomic E-state index is 12.1. The second-order valence-electron chi connectivity index (χ2n) is 5.13. The Labute approximate surface area is 117 Å². The second-order valence-corrected chi connectivity index (χ2v) is 7.14. The van der Waals surface area contributed by atoms with E-state index in [0.29, 0.717) is 28.9 Å². The smallest absolute Gasteiger partial charge is 0.286 e. The summed E-state index contributed by atoms with van der Waals surface area (Å²) in [7, 11) is -3.61. The summed E-state index contributed by atoms with van der Waals surface area (Å²) in [6.45, 7) is 0. The van der Waals surface area contributed by atoms with Crippen LogP contribution in [0.3, 0.4) is 0 Å². The Morgan fingerprint density at radius 1 is 1.32 bits per heavy atom. The molecular weight excluding hydrogens is 284 g/mol. The van der Waals surface area contributed by atoms with Gasteiger partial charge in [0.2, 0.25) is 0 Å². The first-order valence-electron chi connectivity index (χ1n) is 6.45. The molecule has 0 spiro atoms. The molecule has 0 radical (unpaired) electrons. The molecule has 3 rings (SSSR count). The molecule has 102 valence electrons. The summed E-state index contributed by atoms with van der Waals surface area (Å²) >= 11 is 5.84. The van der Waals surface area contributed by atoms with Gasteiger partial charge in [0.1, 0.15) is 10.7 Å². The summed E-state index contributed by atoms with van der Waals surface area (Å²) in [4.78, 5) is 0.162. The molecule has 1 aliphatic carbocycles. The van der Waals surface area contributed by atoms with Gasteiger partial charge in [-0.2, -0.15) is 8.42 Å². The molecular formula is C13H15ClN2O2S. The molecule has 1 N–H and O–H groups in total. The fraction of sp³-hybridized carbons (Fsp3) is 0.462. The number of anilines is 1. The lowest BCUT2D eigenvalue weighted by atomic mass is 10.0.